The first-order valence-corrected chi connectivity index (χ1v) is 10.7. The summed E-state index contributed by atoms with van der Waals surface area (Å²) in [6.07, 6.45) is -9.31. The smallest absolute Gasteiger partial charge is 0.346 e. The second-order valence-corrected chi connectivity index (χ2v) is 7.95. The van der Waals surface area contributed by atoms with E-state index in [0.29, 0.717) is 5.56 Å². The fourth-order valence-electron chi connectivity index (χ4n) is 3.33. The molecule has 0 aliphatic carbocycles. The topological polar surface area (TPSA) is 59.8 Å². The van der Waals surface area contributed by atoms with Crippen molar-refractivity contribution in [3.8, 4) is 16.9 Å². The molecule has 0 radical (unpaired) electrons. The third-order valence-corrected chi connectivity index (χ3v) is 5.37. The highest BCUT2D eigenvalue weighted by molar-refractivity contribution is 6.32. The Bertz CT molecular complexity index is 1400. The van der Waals surface area contributed by atoms with Gasteiger partial charge < -0.3 is 5.32 Å². The van der Waals surface area contributed by atoms with Crippen molar-refractivity contribution in [1.29, 1.82) is 0 Å². The minimum atomic E-state index is -4.70. The van der Waals surface area contributed by atoms with Crippen molar-refractivity contribution < 1.29 is 31.1 Å². The summed E-state index contributed by atoms with van der Waals surface area (Å²) >= 11 is 6.17. The van der Waals surface area contributed by atoms with Crippen LogP contribution in [0.1, 0.15) is 27.4 Å². The molecule has 0 bridgehead atoms. The Labute approximate surface area is 205 Å². The van der Waals surface area contributed by atoms with Gasteiger partial charge in [0.25, 0.3) is 5.91 Å². The largest absolute Gasteiger partial charge is 0.435 e. The molecule has 4 rings (SSSR count). The van der Waals surface area contributed by atoms with Gasteiger partial charge in [-0.25, -0.2) is 9.67 Å². The van der Waals surface area contributed by atoms with Gasteiger partial charge in [0.1, 0.15) is 5.69 Å². The van der Waals surface area contributed by atoms with Crippen LogP contribution in [0, 0.1) is 0 Å². The first-order chi connectivity index (χ1) is 16.9. The maximum Gasteiger partial charge on any atom is 0.435 e. The van der Waals surface area contributed by atoms with Crippen molar-refractivity contribution in [2.45, 2.75) is 18.9 Å². The highest BCUT2D eigenvalue weighted by atomic mass is 35.5. The Morgan fingerprint density at radius 1 is 0.861 bits per heavy atom. The van der Waals surface area contributed by atoms with Gasteiger partial charge in [0.15, 0.2) is 5.69 Å². The number of alkyl halides is 6. The Morgan fingerprint density at radius 2 is 1.53 bits per heavy atom. The normalized spacial score (nSPS) is 12.0. The molecule has 4 aromatic rings. The van der Waals surface area contributed by atoms with E-state index >= 15 is 0 Å². The van der Waals surface area contributed by atoms with Gasteiger partial charge in [-0.2, -0.15) is 31.4 Å². The van der Waals surface area contributed by atoms with Crippen LogP contribution in [-0.4, -0.2) is 20.7 Å². The van der Waals surface area contributed by atoms with E-state index in [2.05, 4.69) is 15.4 Å². The predicted octanol–water partition coefficient (Wildman–Crippen LogP) is 6.56. The number of pyridine rings is 1. The van der Waals surface area contributed by atoms with Gasteiger partial charge >= 0.3 is 12.4 Å². The zero-order valence-corrected chi connectivity index (χ0v) is 18.8. The lowest BCUT2D eigenvalue weighted by atomic mass is 10.1. The van der Waals surface area contributed by atoms with E-state index in [1.807, 2.05) is 0 Å². The van der Waals surface area contributed by atoms with Crippen LogP contribution in [0.25, 0.3) is 16.9 Å². The molecule has 36 heavy (non-hydrogen) atoms. The van der Waals surface area contributed by atoms with Gasteiger partial charge in [0, 0.05) is 11.1 Å². The lowest BCUT2D eigenvalue weighted by molar-refractivity contribution is -0.142. The molecule has 2 heterocycles. The molecule has 0 spiro atoms. The summed E-state index contributed by atoms with van der Waals surface area (Å²) in [6, 6.07) is 16.1. The van der Waals surface area contributed by atoms with Crippen LogP contribution in [0.2, 0.25) is 5.02 Å². The molecule has 0 unspecified atom stereocenters. The van der Waals surface area contributed by atoms with Gasteiger partial charge in [-0.3, -0.25) is 4.79 Å². The van der Waals surface area contributed by atoms with Crippen LogP contribution in [0.5, 0.6) is 0 Å². The number of carbonyl (C=O) groups is 1. The van der Waals surface area contributed by atoms with E-state index in [4.69, 9.17) is 11.6 Å². The van der Waals surface area contributed by atoms with Crippen molar-refractivity contribution in [1.82, 2.24) is 20.1 Å². The van der Waals surface area contributed by atoms with E-state index in [0.717, 1.165) is 16.8 Å². The number of amides is 1. The molecule has 2 aromatic heterocycles. The van der Waals surface area contributed by atoms with E-state index in [-0.39, 0.29) is 34.2 Å². The highest BCUT2D eigenvalue weighted by Crippen LogP contribution is 2.34. The third kappa shape index (κ3) is 5.51. The molecule has 0 saturated heterocycles. The maximum absolute atomic E-state index is 13.4. The molecule has 12 heteroatoms. The average molecular weight is 525 g/mol. The number of nitrogens with one attached hydrogen (secondary N) is 1. The number of halogens is 7. The lowest BCUT2D eigenvalue weighted by Crippen LogP contribution is -2.23. The maximum atomic E-state index is 13.4. The Kier molecular flexibility index (Phi) is 6.77. The fourth-order valence-corrected chi connectivity index (χ4v) is 3.55. The van der Waals surface area contributed by atoms with Crippen LogP contribution < -0.4 is 5.32 Å². The van der Waals surface area contributed by atoms with Crippen LogP contribution in [0.15, 0.2) is 72.8 Å². The number of nitrogens with zero attached hydrogens (tertiary/aromatic N) is 3. The monoisotopic (exact) mass is 524 g/mol. The Hall–Kier alpha value is -3.86. The molecule has 0 saturated carbocycles. The van der Waals surface area contributed by atoms with Crippen LogP contribution in [0.3, 0.4) is 0 Å². The van der Waals surface area contributed by atoms with Gasteiger partial charge in [-0.05, 0) is 42.5 Å². The van der Waals surface area contributed by atoms with Crippen molar-refractivity contribution >= 4 is 17.5 Å². The van der Waals surface area contributed by atoms with E-state index in [1.165, 1.54) is 48.5 Å². The molecule has 0 atom stereocenters. The highest BCUT2D eigenvalue weighted by Gasteiger charge is 2.35. The summed E-state index contributed by atoms with van der Waals surface area (Å²) in [5.74, 6) is -0.601. The standard InChI is InChI=1S/C24H15ClF6N4O/c25-17-5-1-2-6-18(17)35-19(12-21(34-35)24(29,30)31)14-8-10-15(11-9-14)22(36)32-13-16-4-3-7-20(33-16)23(26,27)28/h1-12H,13H2,(H,32,36). The Balaban J connectivity index is 1.57. The SMILES string of the molecule is O=C(NCc1cccc(C(F)(F)F)n1)c1ccc(-c2cc(C(F)(F)F)nn2-c2ccccc2Cl)cc1. The summed E-state index contributed by atoms with van der Waals surface area (Å²) in [4.78, 5) is 16.0. The van der Waals surface area contributed by atoms with E-state index in [1.54, 1.807) is 12.1 Å². The zero-order valence-electron chi connectivity index (χ0n) is 18.0. The third-order valence-electron chi connectivity index (χ3n) is 5.05. The molecule has 1 amide bonds. The summed E-state index contributed by atoms with van der Waals surface area (Å²) in [7, 11) is 0. The number of rotatable bonds is 5. The van der Waals surface area contributed by atoms with Crippen LogP contribution >= 0.6 is 11.6 Å². The number of hydrogen-bond donors (Lipinski definition) is 1. The van der Waals surface area contributed by atoms with Crippen molar-refractivity contribution in [2.24, 2.45) is 0 Å². The molecule has 186 valence electrons. The first kappa shape index (κ1) is 25.2. The van der Waals surface area contributed by atoms with E-state index in [9.17, 15) is 31.1 Å². The minimum Gasteiger partial charge on any atom is -0.346 e. The average Bonchev–Trinajstić information content (AvgIpc) is 3.28. The molecule has 0 aliphatic heterocycles. The van der Waals surface area contributed by atoms with Gasteiger partial charge in [0.05, 0.1) is 28.6 Å². The quantitative estimate of drug-likeness (QED) is 0.301. The molecular weight excluding hydrogens is 510 g/mol. The van der Waals surface area contributed by atoms with E-state index < -0.39 is 29.6 Å². The minimum absolute atomic E-state index is 0.0121. The summed E-state index contributed by atoms with van der Waals surface area (Å²) in [6.45, 7) is -0.251. The molecule has 0 aliphatic rings. The summed E-state index contributed by atoms with van der Waals surface area (Å²) in [5.41, 5.74) is -1.38. The number of hydrogen-bond acceptors (Lipinski definition) is 3. The molecular formula is C24H15ClF6N4O. The first-order valence-electron chi connectivity index (χ1n) is 10.3. The molecule has 1 N–H and O–H groups in total. The number of benzene rings is 2. The molecule has 5 nitrogen and oxygen atoms in total. The van der Waals surface area contributed by atoms with Gasteiger partial charge in [0.2, 0.25) is 0 Å². The van der Waals surface area contributed by atoms with Crippen molar-refractivity contribution in [3.63, 3.8) is 0 Å². The summed E-state index contributed by atoms with van der Waals surface area (Å²) < 4.78 is 79.6. The Morgan fingerprint density at radius 3 is 2.17 bits per heavy atom. The van der Waals surface area contributed by atoms with Crippen molar-refractivity contribution in [2.75, 3.05) is 0 Å². The lowest BCUT2D eigenvalue weighted by Gasteiger charge is -2.11. The molecule has 2 aromatic carbocycles. The van der Waals surface area contributed by atoms with Crippen molar-refractivity contribution in [3.05, 3.63) is 100 Å². The van der Waals surface area contributed by atoms with Crippen LogP contribution in [-0.2, 0) is 18.9 Å². The second-order valence-electron chi connectivity index (χ2n) is 7.55. The fraction of sp³-hybridized carbons (Fsp3) is 0.125. The summed E-state index contributed by atoms with van der Waals surface area (Å²) in [5, 5.41) is 6.33. The second kappa shape index (κ2) is 9.65. The number of carbonyl (C=O) groups excluding carboxylic acids is 1. The zero-order chi connectivity index (χ0) is 26.1. The van der Waals surface area contributed by atoms with Crippen LogP contribution in [0.4, 0.5) is 26.3 Å². The van der Waals surface area contributed by atoms with Gasteiger partial charge in [-0.1, -0.05) is 41.9 Å². The predicted molar refractivity (Wildman–Crippen MR) is 119 cm³/mol. The number of aromatic nitrogens is 3. The van der Waals surface area contributed by atoms with Gasteiger partial charge in [-0.15, -0.1) is 0 Å². The number of para-hydroxylation sites is 1. The molecule has 0 fully saturated rings.